The summed E-state index contributed by atoms with van der Waals surface area (Å²) in [5.41, 5.74) is 13.4. The van der Waals surface area contributed by atoms with Crippen molar-refractivity contribution in [3.05, 3.63) is 93.1 Å². The summed E-state index contributed by atoms with van der Waals surface area (Å²) < 4.78 is 17.9. The third-order valence-corrected chi connectivity index (χ3v) is 13.7. The van der Waals surface area contributed by atoms with Gasteiger partial charge in [0.1, 0.15) is 24.7 Å². The highest BCUT2D eigenvalue weighted by molar-refractivity contribution is 9.11. The van der Waals surface area contributed by atoms with Crippen molar-refractivity contribution in [2.24, 2.45) is 14.1 Å². The van der Waals surface area contributed by atoms with Gasteiger partial charge in [0.05, 0.1) is 32.7 Å². The first-order valence-electron chi connectivity index (χ1n) is 20.9. The first-order chi connectivity index (χ1) is 28.6. The number of aromatic nitrogens is 4. The first-order valence-corrected chi connectivity index (χ1v) is 22.5. The lowest BCUT2D eigenvalue weighted by Gasteiger charge is -2.22. The van der Waals surface area contributed by atoms with E-state index in [4.69, 9.17) is 15.2 Å². The molecule has 0 aliphatic carbocycles. The van der Waals surface area contributed by atoms with Crippen LogP contribution in [0.25, 0.3) is 22.5 Å². The summed E-state index contributed by atoms with van der Waals surface area (Å²) in [6, 6.07) is 22.5. The van der Waals surface area contributed by atoms with E-state index < -0.39 is 0 Å². The molecule has 3 aromatic carbocycles. The van der Waals surface area contributed by atoms with E-state index in [0.29, 0.717) is 25.4 Å². The highest BCUT2D eigenvalue weighted by Crippen LogP contribution is 2.40. The number of fused-ring (bicyclic) bond motifs is 4. The molecule has 4 fully saturated rings. The van der Waals surface area contributed by atoms with Gasteiger partial charge in [-0.25, -0.2) is 4.79 Å². The number of ether oxygens (including phenoxy) is 2. The number of hydrogen-bond donors (Lipinski definition) is 3. The van der Waals surface area contributed by atoms with Gasteiger partial charge in [-0.3, -0.25) is 19.2 Å². The number of rotatable bonds is 13. The molecule has 12 nitrogen and oxygen atoms in total. The number of nitrogen functional groups attached to an aromatic ring is 1. The van der Waals surface area contributed by atoms with Crippen molar-refractivity contribution in [1.29, 1.82) is 0 Å². The Bertz CT molecular complexity index is 2180. The molecule has 0 spiro atoms. The molecule has 9 rings (SSSR count). The highest BCUT2D eigenvalue weighted by atomic mass is 79.9. The number of aryl methyl sites for hydroxylation is 3. The van der Waals surface area contributed by atoms with Crippen molar-refractivity contribution < 1.29 is 14.3 Å². The molecule has 4 aliphatic rings. The highest BCUT2D eigenvalue weighted by Gasteiger charge is 2.39. The maximum atomic E-state index is 12.6. The van der Waals surface area contributed by atoms with E-state index in [-0.39, 0.29) is 6.03 Å². The zero-order valence-corrected chi connectivity index (χ0v) is 37.3. The molecule has 4 saturated heterocycles. The normalized spacial score (nSPS) is 20.8. The lowest BCUT2D eigenvalue weighted by molar-refractivity contribution is 0.194. The second-order valence-electron chi connectivity index (χ2n) is 16.3. The van der Waals surface area contributed by atoms with Crippen LogP contribution in [-0.4, -0.2) is 85.9 Å². The Hall–Kier alpha value is -4.37. The van der Waals surface area contributed by atoms with Crippen molar-refractivity contribution in [2.75, 3.05) is 37.4 Å². The lowest BCUT2D eigenvalue weighted by Crippen LogP contribution is -2.32. The monoisotopic (exact) mass is 927 g/mol. The van der Waals surface area contributed by atoms with Gasteiger partial charge < -0.3 is 25.8 Å². The Morgan fingerprint density at radius 1 is 0.729 bits per heavy atom. The fourth-order valence-electron chi connectivity index (χ4n) is 9.68. The third-order valence-electron chi connectivity index (χ3n) is 12.5. The molecule has 0 atom stereocenters. The van der Waals surface area contributed by atoms with Crippen LogP contribution in [0.3, 0.4) is 0 Å². The van der Waals surface area contributed by atoms with Crippen LogP contribution in [0.1, 0.15) is 62.5 Å². The number of benzene rings is 3. The van der Waals surface area contributed by atoms with Gasteiger partial charge in [0.2, 0.25) is 0 Å². The minimum Gasteiger partial charge on any atom is -0.492 e. The molecular weight excluding hydrogens is 874 g/mol. The van der Waals surface area contributed by atoms with Crippen molar-refractivity contribution in [1.82, 2.24) is 34.7 Å². The summed E-state index contributed by atoms with van der Waals surface area (Å²) in [4.78, 5) is 17.8. The van der Waals surface area contributed by atoms with Crippen LogP contribution < -0.4 is 25.8 Å². The summed E-state index contributed by atoms with van der Waals surface area (Å²) in [5.74, 6) is 1.65. The molecule has 6 heterocycles. The number of nitrogens with one attached hydrogen (secondary N) is 2. The zero-order chi connectivity index (χ0) is 41.0. The molecule has 2 amide bonds. The molecular formula is C45H55Br2N9O3. The van der Waals surface area contributed by atoms with Gasteiger partial charge in [0, 0.05) is 80.4 Å². The number of halogens is 2. The van der Waals surface area contributed by atoms with Crippen LogP contribution in [0.5, 0.6) is 11.5 Å². The molecule has 59 heavy (non-hydrogen) atoms. The number of carbonyl (C=O) groups is 1. The standard InChI is InChI=1S/C27H32BrN5O2.C18H23BrN4O/c1-18-4-3-5-19(14-18)16-29-27(34)31-20-6-11-25(23(15-20)26-24(28)17-30-32(26)2)35-13-12-33-21-7-8-22(33)10-9-21;1-22-18(16(19)11-21-22)15-10-12(20)2-7-17(15)24-9-8-23-13-3-4-14(23)6-5-13/h3-6,11,14-15,17,21-22H,7-10,12-13,16H2,1-2H3,(H2,29,31,34);2,7,10-11,13-14H,3-6,8-9,20H2,1H3. The lowest BCUT2D eigenvalue weighted by atomic mass is 10.0. The average Bonchev–Trinajstić information content (AvgIpc) is 4.10. The second kappa shape index (κ2) is 18.5. The molecule has 4 bridgehead atoms. The van der Waals surface area contributed by atoms with Crippen molar-refractivity contribution in [2.45, 2.75) is 89.0 Å². The van der Waals surface area contributed by atoms with Crippen molar-refractivity contribution in [3.63, 3.8) is 0 Å². The molecule has 0 saturated carbocycles. The molecule has 14 heteroatoms. The molecule has 4 N–H and O–H groups in total. The fraction of sp³-hybridized carbons (Fsp3) is 0.444. The predicted molar refractivity (Wildman–Crippen MR) is 241 cm³/mol. The van der Waals surface area contributed by atoms with Crippen LogP contribution in [0, 0.1) is 6.92 Å². The van der Waals surface area contributed by atoms with E-state index in [1.54, 1.807) is 12.4 Å². The van der Waals surface area contributed by atoms with Crippen LogP contribution in [0.15, 0.2) is 82.0 Å². The van der Waals surface area contributed by atoms with Gasteiger partial charge in [0.25, 0.3) is 0 Å². The maximum Gasteiger partial charge on any atom is 0.319 e. The van der Waals surface area contributed by atoms with Gasteiger partial charge in [0.15, 0.2) is 0 Å². The van der Waals surface area contributed by atoms with E-state index >= 15 is 0 Å². The first kappa shape index (κ1) is 41.4. The number of urea groups is 1. The summed E-state index contributed by atoms with van der Waals surface area (Å²) >= 11 is 7.19. The van der Waals surface area contributed by atoms with E-state index in [1.165, 1.54) is 56.9 Å². The number of carbonyl (C=O) groups excluding carboxylic acids is 1. The molecule has 2 aromatic heterocycles. The van der Waals surface area contributed by atoms with E-state index in [0.717, 1.165) is 91.5 Å². The zero-order valence-electron chi connectivity index (χ0n) is 34.2. The Kier molecular flexibility index (Phi) is 13.0. The fourth-order valence-corrected chi connectivity index (χ4v) is 10.8. The molecule has 4 aliphatic heterocycles. The molecule has 0 radical (unpaired) electrons. The van der Waals surface area contributed by atoms with Crippen molar-refractivity contribution >= 4 is 49.3 Å². The minimum absolute atomic E-state index is 0.250. The quantitative estimate of drug-likeness (QED) is 0.100. The summed E-state index contributed by atoms with van der Waals surface area (Å²) in [7, 11) is 3.83. The van der Waals surface area contributed by atoms with Crippen molar-refractivity contribution in [3.8, 4) is 34.0 Å². The minimum atomic E-state index is -0.250. The van der Waals surface area contributed by atoms with E-state index in [9.17, 15) is 4.79 Å². The average molecular weight is 930 g/mol. The molecule has 0 unspecified atom stereocenters. The summed E-state index contributed by atoms with van der Waals surface area (Å²) in [5, 5.41) is 14.6. The Morgan fingerprint density at radius 3 is 1.73 bits per heavy atom. The number of anilines is 2. The van der Waals surface area contributed by atoms with Gasteiger partial charge in [-0.05, 0) is 132 Å². The van der Waals surface area contributed by atoms with E-state index in [2.05, 4.69) is 68.6 Å². The number of nitrogens with zero attached hydrogens (tertiary/aromatic N) is 6. The Balaban J connectivity index is 0.000000176. The summed E-state index contributed by atoms with van der Waals surface area (Å²) in [6.07, 6.45) is 14.3. The molecule has 5 aromatic rings. The van der Waals surface area contributed by atoms with Gasteiger partial charge >= 0.3 is 6.03 Å². The number of nitrogens with two attached hydrogens (primary N) is 1. The molecule has 312 valence electrons. The Labute approximate surface area is 364 Å². The SMILES string of the molecule is Cc1cccc(CNC(=O)Nc2ccc(OCCN3C4CCC3CC4)c(-c3c(Br)cnn3C)c2)c1.Cn1ncc(Br)c1-c1cc(N)ccc1OCCN1C2CCC1CC2. The number of hydrogen-bond acceptors (Lipinski definition) is 8. The largest absolute Gasteiger partial charge is 0.492 e. The van der Waals surface area contributed by atoms with Gasteiger partial charge in [-0.2, -0.15) is 10.2 Å². The van der Waals surface area contributed by atoms with Gasteiger partial charge in [-0.15, -0.1) is 0 Å². The predicted octanol–water partition coefficient (Wildman–Crippen LogP) is 8.92. The van der Waals surface area contributed by atoms with Crippen LogP contribution in [0.4, 0.5) is 16.2 Å². The van der Waals surface area contributed by atoms with Gasteiger partial charge in [-0.1, -0.05) is 29.8 Å². The van der Waals surface area contributed by atoms with Crippen LogP contribution in [-0.2, 0) is 20.6 Å². The summed E-state index contributed by atoms with van der Waals surface area (Å²) in [6.45, 7) is 5.81. The van der Waals surface area contributed by atoms with Crippen LogP contribution in [0.2, 0.25) is 0 Å². The number of amides is 2. The Morgan fingerprint density at radius 2 is 1.24 bits per heavy atom. The topological polar surface area (TPSA) is 128 Å². The second-order valence-corrected chi connectivity index (χ2v) is 18.0. The smallest absolute Gasteiger partial charge is 0.319 e. The third kappa shape index (κ3) is 9.51. The van der Waals surface area contributed by atoms with Crippen LogP contribution >= 0.6 is 31.9 Å². The maximum absolute atomic E-state index is 12.6. The van der Waals surface area contributed by atoms with E-state index in [1.807, 2.05) is 85.0 Å².